The van der Waals surface area contributed by atoms with Gasteiger partial charge in [-0.3, -0.25) is 9.69 Å². The van der Waals surface area contributed by atoms with Crippen LogP contribution in [0.1, 0.15) is 18.1 Å². The molecule has 1 fully saturated rings. The van der Waals surface area contributed by atoms with E-state index >= 15 is 0 Å². The molecule has 28 heavy (non-hydrogen) atoms. The summed E-state index contributed by atoms with van der Waals surface area (Å²) in [7, 11) is 0. The fraction of sp³-hybridized carbons (Fsp3) is 0.333. The quantitative estimate of drug-likeness (QED) is 0.673. The van der Waals surface area contributed by atoms with Crippen LogP contribution in [0, 0.1) is 0 Å². The molecule has 146 valence electrons. The normalized spacial score (nSPS) is 17.9. The van der Waals surface area contributed by atoms with Gasteiger partial charge in [-0.15, -0.1) is 0 Å². The zero-order valence-corrected chi connectivity index (χ0v) is 17.2. The highest BCUT2D eigenvalue weighted by atomic mass is 35.5. The highest BCUT2D eigenvalue weighted by Gasteiger charge is 2.25. The van der Waals surface area contributed by atoms with Crippen LogP contribution in [0.5, 0.6) is 0 Å². The Kier molecular flexibility index (Phi) is 5.53. The second-order valence-electron chi connectivity index (χ2n) is 7.26. The summed E-state index contributed by atoms with van der Waals surface area (Å²) in [4.78, 5) is 20.5. The summed E-state index contributed by atoms with van der Waals surface area (Å²) in [5.74, 6) is -0.795. The Hall–Kier alpha value is -2.15. The minimum atomic E-state index is -0.795. The van der Waals surface area contributed by atoms with Crippen molar-refractivity contribution in [3.05, 3.63) is 58.6 Å². The molecule has 5 nitrogen and oxygen atoms in total. The zero-order chi connectivity index (χ0) is 19.7. The van der Waals surface area contributed by atoms with E-state index in [2.05, 4.69) is 22.8 Å². The number of carboxylic acid groups (broad SMARTS) is 1. The number of piperazine rings is 1. The lowest BCUT2D eigenvalue weighted by Crippen LogP contribution is -2.51. The van der Waals surface area contributed by atoms with Gasteiger partial charge in [0, 0.05) is 37.2 Å². The molecule has 0 aliphatic carbocycles. The Balaban J connectivity index is 1.43. The van der Waals surface area contributed by atoms with Crippen molar-refractivity contribution in [3.8, 4) is 0 Å². The summed E-state index contributed by atoms with van der Waals surface area (Å²) in [6.07, 6.45) is 0.0682. The molecule has 1 aromatic heterocycles. The lowest BCUT2D eigenvalue weighted by atomic mass is 10.1. The van der Waals surface area contributed by atoms with Gasteiger partial charge in [0.2, 0.25) is 0 Å². The Morgan fingerprint density at radius 2 is 2.07 bits per heavy atom. The van der Waals surface area contributed by atoms with E-state index in [0.717, 1.165) is 57.7 Å². The molecule has 1 saturated heterocycles. The van der Waals surface area contributed by atoms with E-state index < -0.39 is 5.97 Å². The molecule has 0 bridgehead atoms. The Morgan fingerprint density at radius 1 is 1.25 bits per heavy atom. The number of rotatable bonds is 5. The first kappa shape index (κ1) is 19.2. The monoisotopic (exact) mass is 415 g/mol. The molecule has 2 heterocycles. The van der Waals surface area contributed by atoms with Crippen molar-refractivity contribution >= 4 is 44.3 Å². The number of hydrogen-bond acceptors (Lipinski definition) is 5. The van der Waals surface area contributed by atoms with Crippen LogP contribution in [-0.4, -0.2) is 46.6 Å². The highest BCUT2D eigenvalue weighted by Crippen LogP contribution is 2.32. The first-order valence-corrected chi connectivity index (χ1v) is 10.5. The van der Waals surface area contributed by atoms with Gasteiger partial charge >= 0.3 is 5.97 Å². The third kappa shape index (κ3) is 4.29. The fourth-order valence-corrected chi connectivity index (χ4v) is 4.95. The standard InChI is InChI=1S/C21H22ClN3O2S/c1-14-12-25(21-23-18-6-5-17(22)11-19(18)28-21)8-7-24(14)13-16-4-2-3-15(9-16)10-20(26)27/h2-6,9,11,14H,7-8,10,12-13H2,1H3,(H,26,27). The number of hydrogen-bond donors (Lipinski definition) is 1. The van der Waals surface area contributed by atoms with Gasteiger partial charge in [-0.2, -0.15) is 0 Å². The molecule has 0 saturated carbocycles. The van der Waals surface area contributed by atoms with Crippen molar-refractivity contribution < 1.29 is 9.90 Å². The average Bonchev–Trinajstić information content (AvgIpc) is 3.06. The smallest absolute Gasteiger partial charge is 0.307 e. The van der Waals surface area contributed by atoms with Gasteiger partial charge in [0.15, 0.2) is 5.13 Å². The third-order valence-electron chi connectivity index (χ3n) is 5.11. The Morgan fingerprint density at radius 3 is 2.86 bits per heavy atom. The Labute approximate surface area is 173 Å². The van der Waals surface area contributed by atoms with E-state index in [1.807, 2.05) is 36.4 Å². The maximum atomic E-state index is 10.9. The van der Waals surface area contributed by atoms with Crippen LogP contribution < -0.4 is 4.90 Å². The van der Waals surface area contributed by atoms with E-state index in [0.29, 0.717) is 6.04 Å². The molecule has 0 spiro atoms. The van der Waals surface area contributed by atoms with Crippen molar-refractivity contribution in [3.63, 3.8) is 0 Å². The number of nitrogens with zero attached hydrogens (tertiary/aromatic N) is 3. The van der Waals surface area contributed by atoms with Gasteiger partial charge in [0.25, 0.3) is 0 Å². The summed E-state index contributed by atoms with van der Waals surface area (Å²) in [5.41, 5.74) is 3.01. The van der Waals surface area contributed by atoms with Crippen molar-refractivity contribution in [2.45, 2.75) is 25.9 Å². The van der Waals surface area contributed by atoms with Crippen LogP contribution in [-0.2, 0) is 17.8 Å². The molecule has 3 aromatic rings. The molecule has 1 unspecified atom stereocenters. The largest absolute Gasteiger partial charge is 0.481 e. The molecular weight excluding hydrogens is 394 g/mol. The predicted octanol–water partition coefficient (Wildman–Crippen LogP) is 4.29. The summed E-state index contributed by atoms with van der Waals surface area (Å²) in [6, 6.07) is 14.1. The SMILES string of the molecule is CC1CN(c2nc3ccc(Cl)cc3s2)CCN1Cc1cccc(CC(=O)O)c1. The van der Waals surface area contributed by atoms with Gasteiger partial charge < -0.3 is 10.0 Å². The number of halogens is 1. The molecule has 0 radical (unpaired) electrons. The number of fused-ring (bicyclic) bond motifs is 1. The minimum absolute atomic E-state index is 0.0682. The van der Waals surface area contributed by atoms with Crippen LogP contribution in [0.15, 0.2) is 42.5 Å². The van der Waals surface area contributed by atoms with Crippen molar-refractivity contribution in [1.82, 2.24) is 9.88 Å². The number of carboxylic acids is 1. The molecule has 1 N–H and O–H groups in total. The molecule has 4 rings (SSSR count). The highest BCUT2D eigenvalue weighted by molar-refractivity contribution is 7.22. The van der Waals surface area contributed by atoms with Gasteiger partial charge in [-0.25, -0.2) is 4.98 Å². The minimum Gasteiger partial charge on any atom is -0.481 e. The lowest BCUT2D eigenvalue weighted by Gasteiger charge is -2.39. The maximum absolute atomic E-state index is 10.9. The molecule has 0 amide bonds. The summed E-state index contributed by atoms with van der Waals surface area (Å²) >= 11 is 7.79. The van der Waals surface area contributed by atoms with Crippen LogP contribution in [0.4, 0.5) is 5.13 Å². The fourth-order valence-electron chi connectivity index (χ4n) is 3.67. The van der Waals surface area contributed by atoms with Gasteiger partial charge in [-0.1, -0.05) is 47.2 Å². The number of benzene rings is 2. The predicted molar refractivity (Wildman–Crippen MR) is 114 cm³/mol. The number of carbonyl (C=O) groups is 1. The first-order valence-electron chi connectivity index (χ1n) is 9.32. The van der Waals surface area contributed by atoms with E-state index in [1.165, 1.54) is 0 Å². The van der Waals surface area contributed by atoms with Gasteiger partial charge in [0.05, 0.1) is 16.6 Å². The summed E-state index contributed by atoms with van der Waals surface area (Å²) in [6.45, 7) is 5.85. The Bertz CT molecular complexity index is 1010. The zero-order valence-electron chi connectivity index (χ0n) is 15.6. The second-order valence-corrected chi connectivity index (χ2v) is 8.71. The lowest BCUT2D eigenvalue weighted by molar-refractivity contribution is -0.136. The van der Waals surface area contributed by atoms with Gasteiger partial charge in [-0.05, 0) is 36.2 Å². The number of aromatic nitrogens is 1. The number of anilines is 1. The van der Waals surface area contributed by atoms with E-state index in [4.69, 9.17) is 21.7 Å². The molecule has 1 aliphatic rings. The van der Waals surface area contributed by atoms with Crippen LogP contribution in [0.3, 0.4) is 0 Å². The molecule has 1 atom stereocenters. The maximum Gasteiger partial charge on any atom is 0.307 e. The molecular formula is C21H22ClN3O2S. The van der Waals surface area contributed by atoms with E-state index in [-0.39, 0.29) is 6.42 Å². The van der Waals surface area contributed by atoms with Crippen molar-refractivity contribution in [2.75, 3.05) is 24.5 Å². The van der Waals surface area contributed by atoms with Crippen molar-refractivity contribution in [2.24, 2.45) is 0 Å². The number of thiazole rings is 1. The van der Waals surface area contributed by atoms with E-state index in [9.17, 15) is 4.79 Å². The first-order chi connectivity index (χ1) is 13.5. The van der Waals surface area contributed by atoms with E-state index in [1.54, 1.807) is 11.3 Å². The summed E-state index contributed by atoms with van der Waals surface area (Å²) < 4.78 is 1.12. The molecule has 2 aromatic carbocycles. The second kappa shape index (κ2) is 8.07. The van der Waals surface area contributed by atoms with Gasteiger partial charge in [0.1, 0.15) is 0 Å². The average molecular weight is 416 g/mol. The third-order valence-corrected chi connectivity index (χ3v) is 6.42. The topological polar surface area (TPSA) is 56.7 Å². The van der Waals surface area contributed by atoms with Crippen LogP contribution >= 0.6 is 22.9 Å². The number of aliphatic carboxylic acids is 1. The van der Waals surface area contributed by atoms with Crippen LogP contribution in [0.2, 0.25) is 5.02 Å². The van der Waals surface area contributed by atoms with Crippen molar-refractivity contribution in [1.29, 1.82) is 0 Å². The van der Waals surface area contributed by atoms with Crippen LogP contribution in [0.25, 0.3) is 10.2 Å². The summed E-state index contributed by atoms with van der Waals surface area (Å²) in [5, 5.41) is 10.8. The molecule has 7 heteroatoms. The molecule has 1 aliphatic heterocycles.